The minimum atomic E-state index is -0.112. The number of carbonyl (C=O) groups excluding carboxylic acids is 1. The fraction of sp³-hybridized carbons (Fsp3) is 0.462. The fourth-order valence-electron chi connectivity index (χ4n) is 1.48. The van der Waals surface area contributed by atoms with Crippen LogP contribution in [0.25, 0.3) is 0 Å². The Balaban J connectivity index is 2.46. The summed E-state index contributed by atoms with van der Waals surface area (Å²) in [6.45, 7) is 4.42. The second-order valence-corrected chi connectivity index (χ2v) is 3.48. The summed E-state index contributed by atoms with van der Waals surface area (Å²) in [6.07, 6.45) is 2.28. The van der Waals surface area contributed by atoms with E-state index in [9.17, 15) is 4.79 Å². The number of hydrogen-bond donors (Lipinski definition) is 0. The number of esters is 1. The van der Waals surface area contributed by atoms with E-state index >= 15 is 0 Å². The first-order chi connectivity index (χ1) is 7.26. The Bertz CT molecular complexity index is 318. The van der Waals surface area contributed by atoms with E-state index in [-0.39, 0.29) is 5.97 Å². The van der Waals surface area contributed by atoms with Crippen molar-refractivity contribution in [2.75, 3.05) is 6.61 Å². The molecule has 0 aliphatic heterocycles. The first-order valence-electron chi connectivity index (χ1n) is 5.49. The Morgan fingerprint density at radius 1 is 1.27 bits per heavy atom. The van der Waals surface area contributed by atoms with Gasteiger partial charge in [0, 0.05) is 6.42 Å². The van der Waals surface area contributed by atoms with E-state index in [1.807, 2.05) is 13.0 Å². The van der Waals surface area contributed by atoms with E-state index in [1.165, 1.54) is 11.1 Å². The van der Waals surface area contributed by atoms with E-state index in [0.29, 0.717) is 13.0 Å². The van der Waals surface area contributed by atoms with E-state index in [1.54, 1.807) is 0 Å². The summed E-state index contributed by atoms with van der Waals surface area (Å²) in [5, 5.41) is 0. The summed E-state index contributed by atoms with van der Waals surface area (Å²) < 4.78 is 4.88. The van der Waals surface area contributed by atoms with Crippen LogP contribution in [0.1, 0.15) is 31.4 Å². The van der Waals surface area contributed by atoms with E-state index < -0.39 is 0 Å². The molecular weight excluding hydrogens is 188 g/mol. The Labute approximate surface area is 91.3 Å². The first-order valence-corrected chi connectivity index (χ1v) is 5.49. The lowest BCUT2D eigenvalue weighted by molar-refractivity contribution is -0.143. The molecule has 0 N–H and O–H groups in total. The summed E-state index contributed by atoms with van der Waals surface area (Å²) in [5.74, 6) is -0.112. The van der Waals surface area contributed by atoms with Crippen LogP contribution in [0.15, 0.2) is 24.3 Å². The van der Waals surface area contributed by atoms with Gasteiger partial charge in [0.15, 0.2) is 0 Å². The zero-order valence-corrected chi connectivity index (χ0v) is 9.45. The quantitative estimate of drug-likeness (QED) is 0.692. The summed E-state index contributed by atoms with van der Waals surface area (Å²) in [5.41, 5.74) is 2.53. The monoisotopic (exact) mass is 206 g/mol. The van der Waals surface area contributed by atoms with Gasteiger partial charge in [-0.15, -0.1) is 0 Å². The molecular formula is C13H18O2. The zero-order chi connectivity index (χ0) is 11.1. The summed E-state index contributed by atoms with van der Waals surface area (Å²) >= 11 is 0. The molecule has 0 atom stereocenters. The van der Waals surface area contributed by atoms with Gasteiger partial charge in [-0.1, -0.05) is 31.2 Å². The van der Waals surface area contributed by atoms with Gasteiger partial charge in [-0.05, 0) is 30.9 Å². The van der Waals surface area contributed by atoms with Crippen LogP contribution in [0.2, 0.25) is 0 Å². The van der Waals surface area contributed by atoms with Crippen LogP contribution >= 0.6 is 0 Å². The summed E-state index contributed by atoms with van der Waals surface area (Å²) in [7, 11) is 0. The lowest BCUT2D eigenvalue weighted by Gasteiger charge is -2.03. The highest BCUT2D eigenvalue weighted by Gasteiger charge is 2.02. The molecule has 0 spiro atoms. The van der Waals surface area contributed by atoms with E-state index in [4.69, 9.17) is 4.74 Å². The molecule has 0 radical (unpaired) electrons. The molecule has 0 amide bonds. The molecule has 1 aromatic rings. The lowest BCUT2D eigenvalue weighted by atomic mass is 10.1. The van der Waals surface area contributed by atoms with Gasteiger partial charge in [0.1, 0.15) is 0 Å². The molecule has 2 heteroatoms. The van der Waals surface area contributed by atoms with Gasteiger partial charge in [0.05, 0.1) is 6.61 Å². The fourth-order valence-corrected chi connectivity index (χ4v) is 1.48. The molecule has 2 nitrogen and oxygen atoms in total. The highest BCUT2D eigenvalue weighted by molar-refractivity contribution is 5.69. The summed E-state index contributed by atoms with van der Waals surface area (Å²) in [4.78, 5) is 11.1. The molecule has 0 saturated heterocycles. The maximum atomic E-state index is 11.1. The van der Waals surface area contributed by atoms with Crippen molar-refractivity contribution in [2.24, 2.45) is 0 Å². The molecule has 0 aliphatic carbocycles. The van der Waals surface area contributed by atoms with Crippen LogP contribution in [0.3, 0.4) is 0 Å². The third-order valence-corrected chi connectivity index (χ3v) is 2.32. The Hall–Kier alpha value is -1.31. The molecule has 82 valence electrons. The highest BCUT2D eigenvalue weighted by Crippen LogP contribution is 2.08. The predicted octanol–water partition coefficient (Wildman–Crippen LogP) is 2.74. The van der Waals surface area contributed by atoms with Gasteiger partial charge >= 0.3 is 5.97 Å². The Kier molecular flexibility index (Phi) is 4.88. The molecule has 1 aromatic carbocycles. The molecule has 0 heterocycles. The number of ether oxygens (including phenoxy) is 1. The molecule has 15 heavy (non-hydrogen) atoms. The second-order valence-electron chi connectivity index (χ2n) is 3.48. The van der Waals surface area contributed by atoms with Gasteiger partial charge in [-0.3, -0.25) is 4.79 Å². The molecule has 0 bridgehead atoms. The number of benzene rings is 1. The maximum Gasteiger partial charge on any atom is 0.306 e. The third-order valence-electron chi connectivity index (χ3n) is 2.32. The molecule has 0 aromatic heterocycles. The molecule has 0 aliphatic rings. The maximum absolute atomic E-state index is 11.1. The second kappa shape index (κ2) is 6.23. The number of hydrogen-bond acceptors (Lipinski definition) is 2. The SMILES string of the molecule is CCOC(=O)CCc1cccc(CC)c1. The van der Waals surface area contributed by atoms with Crippen molar-refractivity contribution < 1.29 is 9.53 Å². The van der Waals surface area contributed by atoms with Crippen molar-refractivity contribution in [1.82, 2.24) is 0 Å². The van der Waals surface area contributed by atoms with Crippen molar-refractivity contribution in [2.45, 2.75) is 33.1 Å². The third kappa shape index (κ3) is 4.15. The van der Waals surface area contributed by atoms with Gasteiger partial charge in [-0.25, -0.2) is 0 Å². The average Bonchev–Trinajstić information content (AvgIpc) is 2.27. The minimum Gasteiger partial charge on any atom is -0.466 e. The number of aryl methyl sites for hydroxylation is 2. The number of carbonyl (C=O) groups is 1. The molecule has 0 fully saturated rings. The zero-order valence-electron chi connectivity index (χ0n) is 9.45. The van der Waals surface area contributed by atoms with Crippen molar-refractivity contribution in [3.8, 4) is 0 Å². The van der Waals surface area contributed by atoms with Crippen LogP contribution in [0.5, 0.6) is 0 Å². The van der Waals surface area contributed by atoms with Gasteiger partial charge < -0.3 is 4.74 Å². The largest absolute Gasteiger partial charge is 0.466 e. The first kappa shape index (κ1) is 11.8. The van der Waals surface area contributed by atoms with Crippen LogP contribution in [-0.4, -0.2) is 12.6 Å². The standard InChI is InChI=1S/C13H18O2/c1-3-11-6-5-7-12(10-11)8-9-13(14)15-4-2/h5-7,10H,3-4,8-9H2,1-2H3. The van der Waals surface area contributed by atoms with Crippen molar-refractivity contribution in [1.29, 1.82) is 0 Å². The van der Waals surface area contributed by atoms with Crippen molar-refractivity contribution >= 4 is 5.97 Å². The van der Waals surface area contributed by atoms with Crippen molar-refractivity contribution in [3.05, 3.63) is 35.4 Å². The minimum absolute atomic E-state index is 0.112. The van der Waals surface area contributed by atoms with Gasteiger partial charge in [-0.2, -0.15) is 0 Å². The molecule has 0 saturated carbocycles. The molecule has 1 rings (SSSR count). The Morgan fingerprint density at radius 2 is 2.00 bits per heavy atom. The lowest BCUT2D eigenvalue weighted by Crippen LogP contribution is -2.05. The topological polar surface area (TPSA) is 26.3 Å². The van der Waals surface area contributed by atoms with Crippen LogP contribution < -0.4 is 0 Å². The van der Waals surface area contributed by atoms with Crippen LogP contribution in [0.4, 0.5) is 0 Å². The van der Waals surface area contributed by atoms with Crippen molar-refractivity contribution in [3.63, 3.8) is 0 Å². The van der Waals surface area contributed by atoms with Gasteiger partial charge in [0.25, 0.3) is 0 Å². The number of rotatable bonds is 5. The van der Waals surface area contributed by atoms with Gasteiger partial charge in [0.2, 0.25) is 0 Å². The molecule has 0 unspecified atom stereocenters. The van der Waals surface area contributed by atoms with E-state index in [0.717, 1.165) is 12.8 Å². The van der Waals surface area contributed by atoms with Crippen LogP contribution in [-0.2, 0) is 22.4 Å². The highest BCUT2D eigenvalue weighted by atomic mass is 16.5. The normalized spacial score (nSPS) is 10.0. The van der Waals surface area contributed by atoms with E-state index in [2.05, 4.69) is 25.1 Å². The Morgan fingerprint density at radius 3 is 2.67 bits per heavy atom. The predicted molar refractivity (Wildman–Crippen MR) is 60.8 cm³/mol. The average molecular weight is 206 g/mol. The summed E-state index contributed by atoms with van der Waals surface area (Å²) in [6, 6.07) is 8.35. The van der Waals surface area contributed by atoms with Crippen LogP contribution in [0, 0.1) is 0 Å². The smallest absolute Gasteiger partial charge is 0.306 e.